The van der Waals surface area contributed by atoms with Crippen molar-refractivity contribution in [2.45, 2.75) is 198 Å². The third-order valence-electron chi connectivity index (χ3n) is 7.86. The van der Waals surface area contributed by atoms with Gasteiger partial charge in [-0.3, -0.25) is 13.6 Å². The van der Waals surface area contributed by atoms with Crippen LogP contribution in [0.5, 0.6) is 0 Å². The van der Waals surface area contributed by atoms with Crippen LogP contribution in [0.15, 0.2) is 0 Å². The van der Waals surface area contributed by atoms with E-state index in [0.717, 1.165) is 79.9 Å². The van der Waals surface area contributed by atoms with Gasteiger partial charge in [0, 0.05) is 11.8 Å². The number of unbranched alkanes of at least 4 members (excludes halogenated alkanes) is 10. The Bertz CT molecular complexity index is 556. The summed E-state index contributed by atoms with van der Waals surface area (Å²) < 4.78 is 29.9. The van der Waals surface area contributed by atoms with E-state index in [1.54, 1.807) is 0 Å². The van der Waals surface area contributed by atoms with Gasteiger partial charge in [0.2, 0.25) is 0 Å². The van der Waals surface area contributed by atoms with Gasteiger partial charge in [-0.05, 0) is 61.7 Å². The second-order valence-electron chi connectivity index (χ2n) is 15.5. The largest absolute Gasteiger partial charge is 0.474 e. The van der Waals surface area contributed by atoms with Gasteiger partial charge in [-0.2, -0.15) is 0 Å². The van der Waals surface area contributed by atoms with Crippen LogP contribution < -0.4 is 0 Å². The first-order valence-corrected chi connectivity index (χ1v) is 22.5. The zero-order valence-electron chi connectivity index (χ0n) is 33.4. The van der Waals surface area contributed by atoms with E-state index in [-0.39, 0.29) is 0 Å². The first kappa shape index (κ1) is 52.1. The molecule has 0 saturated heterocycles. The third kappa shape index (κ3) is 51.2. The Hall–Kier alpha value is 0.690. The number of rotatable bonds is 31. The van der Waals surface area contributed by atoms with Gasteiger partial charge in [0.15, 0.2) is 0 Å². The fraction of sp³-hybridized carbons (Fsp3) is 1.00. The molecule has 0 N–H and O–H groups in total. The molecule has 0 aliphatic heterocycles. The quantitative estimate of drug-likeness (QED) is 0.0405. The Morgan fingerprint density at radius 3 is 0.766 bits per heavy atom. The molecule has 0 heterocycles. The monoisotopic (exact) mass is 731 g/mol. The predicted molar refractivity (Wildman–Crippen MR) is 213 cm³/mol. The number of halogens is 2. The molecule has 0 aromatic carbocycles. The zero-order chi connectivity index (χ0) is 36.2. The van der Waals surface area contributed by atoms with Crippen molar-refractivity contribution in [1.82, 2.24) is 0 Å². The van der Waals surface area contributed by atoms with Crippen molar-refractivity contribution >= 4 is 31.0 Å². The normalized spacial score (nSPS) is 11.9. The van der Waals surface area contributed by atoms with Crippen molar-refractivity contribution in [2.75, 3.05) is 31.6 Å². The lowest BCUT2D eigenvalue weighted by Gasteiger charge is -2.18. The Morgan fingerprint density at radius 2 is 0.574 bits per heavy atom. The molecular weight excluding hydrogens is 646 g/mol. The van der Waals surface area contributed by atoms with Crippen LogP contribution in [0.25, 0.3) is 0 Å². The Kier molecular flexibility index (Phi) is 43.7. The summed E-state index contributed by atoms with van der Waals surface area (Å²) in [5.41, 5.74) is 0. The van der Waals surface area contributed by atoms with Crippen LogP contribution in [0.1, 0.15) is 198 Å². The molecule has 0 amide bonds. The summed E-state index contributed by atoms with van der Waals surface area (Å²) >= 11 is 11.0. The molecular formula is C40H85Cl2O4P. The second kappa shape index (κ2) is 39.5. The summed E-state index contributed by atoms with van der Waals surface area (Å²) in [4.78, 5) is 0. The summed E-state index contributed by atoms with van der Waals surface area (Å²) in [7, 11) is -3.42. The van der Waals surface area contributed by atoms with E-state index in [0.29, 0.717) is 19.8 Å². The van der Waals surface area contributed by atoms with E-state index in [1.807, 2.05) is 0 Å². The fourth-order valence-electron chi connectivity index (χ4n) is 4.78. The van der Waals surface area contributed by atoms with Gasteiger partial charge < -0.3 is 0 Å². The van der Waals surface area contributed by atoms with E-state index >= 15 is 0 Å². The fourth-order valence-corrected chi connectivity index (χ4v) is 6.44. The Balaban J connectivity index is -0.000000870. The van der Waals surface area contributed by atoms with Gasteiger partial charge in [-0.1, -0.05) is 166 Å². The number of hydrogen-bond donors (Lipinski definition) is 0. The van der Waals surface area contributed by atoms with Gasteiger partial charge in [0.25, 0.3) is 0 Å². The van der Waals surface area contributed by atoms with Crippen LogP contribution >= 0.6 is 31.0 Å². The molecule has 0 atom stereocenters. The van der Waals surface area contributed by atoms with Crippen LogP contribution in [0.4, 0.5) is 0 Å². The zero-order valence-corrected chi connectivity index (χ0v) is 35.8. The van der Waals surface area contributed by atoms with E-state index in [4.69, 9.17) is 36.8 Å². The van der Waals surface area contributed by atoms with Crippen molar-refractivity contribution < 1.29 is 18.1 Å². The second-order valence-corrected chi connectivity index (χ2v) is 18.0. The maximum atomic E-state index is 13.0. The molecule has 0 saturated carbocycles. The van der Waals surface area contributed by atoms with Gasteiger partial charge in [-0.25, -0.2) is 4.57 Å². The molecule has 0 unspecified atom stereocenters. The molecule has 0 radical (unpaired) electrons. The lowest BCUT2D eigenvalue weighted by Crippen LogP contribution is -2.04. The van der Waals surface area contributed by atoms with E-state index in [9.17, 15) is 4.57 Å². The number of alkyl halides is 2. The summed E-state index contributed by atoms with van der Waals surface area (Å²) in [6, 6.07) is 0. The van der Waals surface area contributed by atoms with Crippen LogP contribution in [-0.4, -0.2) is 31.6 Å². The molecule has 0 aromatic heterocycles. The van der Waals surface area contributed by atoms with Gasteiger partial charge in [0.05, 0.1) is 19.8 Å². The van der Waals surface area contributed by atoms with E-state index < -0.39 is 7.82 Å². The lowest BCUT2D eigenvalue weighted by atomic mass is 10.1. The molecule has 4 nitrogen and oxygen atoms in total. The minimum absolute atomic E-state index is 0.454. The van der Waals surface area contributed by atoms with Crippen molar-refractivity contribution in [2.24, 2.45) is 29.6 Å². The summed E-state index contributed by atoms with van der Waals surface area (Å²) in [6.07, 6.45) is 23.7. The highest BCUT2D eigenvalue weighted by Gasteiger charge is 2.26. The van der Waals surface area contributed by atoms with E-state index in [1.165, 1.54) is 89.9 Å². The minimum Gasteiger partial charge on any atom is -0.287 e. The van der Waals surface area contributed by atoms with E-state index in [2.05, 4.69) is 69.2 Å². The van der Waals surface area contributed by atoms with Crippen LogP contribution in [0, 0.1) is 29.6 Å². The molecule has 0 fully saturated rings. The van der Waals surface area contributed by atoms with Crippen LogP contribution in [0.3, 0.4) is 0 Å². The summed E-state index contributed by atoms with van der Waals surface area (Å²) in [5, 5.41) is 0. The SMILES string of the molecule is CC(C)CCCCCCl.CC(C)CCCCCCl.CC(C)CCCCCOP(=O)(OCCCCCC(C)C)OCCCCCC(C)C. The molecule has 0 spiro atoms. The maximum absolute atomic E-state index is 13.0. The molecule has 0 aliphatic carbocycles. The molecule has 0 aliphatic rings. The standard InChI is InChI=1S/C24H51O4P.2C8H17Cl/c1-22(2)16-10-7-13-19-26-29(25,27-20-14-8-11-17-23(3)4)28-21-15-9-12-18-24(5)6;2*1-8(2)6-4-3-5-7-9/h22-24H,7-21H2,1-6H3;2*8H,3-7H2,1-2H3. The number of hydrogen-bond acceptors (Lipinski definition) is 4. The third-order valence-corrected chi connectivity index (χ3v) is 9.89. The number of phosphoric acid groups is 1. The predicted octanol–water partition coefficient (Wildman–Crippen LogP) is 15.7. The summed E-state index contributed by atoms with van der Waals surface area (Å²) in [6.45, 7) is 23.9. The Morgan fingerprint density at radius 1 is 0.362 bits per heavy atom. The van der Waals surface area contributed by atoms with Crippen LogP contribution in [0.2, 0.25) is 0 Å². The van der Waals surface area contributed by atoms with Crippen molar-refractivity contribution in [3.05, 3.63) is 0 Å². The minimum atomic E-state index is -3.42. The molecule has 7 heteroatoms. The molecule has 0 rings (SSSR count). The highest BCUT2D eigenvalue weighted by atomic mass is 35.5. The lowest BCUT2D eigenvalue weighted by molar-refractivity contribution is 0.108. The Labute approximate surface area is 306 Å². The first-order chi connectivity index (χ1) is 22.3. The highest BCUT2D eigenvalue weighted by molar-refractivity contribution is 7.48. The molecule has 47 heavy (non-hydrogen) atoms. The highest BCUT2D eigenvalue weighted by Crippen LogP contribution is 2.50. The van der Waals surface area contributed by atoms with Gasteiger partial charge >= 0.3 is 7.82 Å². The maximum Gasteiger partial charge on any atom is 0.474 e. The first-order valence-electron chi connectivity index (χ1n) is 19.9. The molecule has 0 bridgehead atoms. The molecule has 0 aromatic rings. The van der Waals surface area contributed by atoms with Crippen LogP contribution in [-0.2, 0) is 18.1 Å². The summed E-state index contributed by atoms with van der Waals surface area (Å²) in [5.74, 6) is 5.59. The average molecular weight is 732 g/mol. The van der Waals surface area contributed by atoms with Crippen molar-refractivity contribution in [3.8, 4) is 0 Å². The topological polar surface area (TPSA) is 44.8 Å². The van der Waals surface area contributed by atoms with Gasteiger partial charge in [-0.15, -0.1) is 23.2 Å². The average Bonchev–Trinajstić information content (AvgIpc) is 2.99. The molecule has 288 valence electrons. The smallest absolute Gasteiger partial charge is 0.287 e. The number of phosphoric ester groups is 1. The van der Waals surface area contributed by atoms with Gasteiger partial charge in [0.1, 0.15) is 0 Å². The van der Waals surface area contributed by atoms with Crippen molar-refractivity contribution in [3.63, 3.8) is 0 Å². The van der Waals surface area contributed by atoms with Crippen molar-refractivity contribution in [1.29, 1.82) is 0 Å².